The Labute approximate surface area is 160 Å². The van der Waals surface area contributed by atoms with Gasteiger partial charge in [-0.15, -0.1) is 0 Å². The van der Waals surface area contributed by atoms with Gasteiger partial charge < -0.3 is 5.11 Å². The Hall–Kier alpha value is -1.60. The molecule has 1 N–H and O–H groups in total. The molecular formula is C25H36O. The van der Waals surface area contributed by atoms with Crippen molar-refractivity contribution in [2.24, 2.45) is 22.7 Å². The van der Waals surface area contributed by atoms with E-state index < -0.39 is 0 Å². The van der Waals surface area contributed by atoms with E-state index in [0.29, 0.717) is 0 Å². The second-order valence-corrected chi connectivity index (χ2v) is 8.89. The maximum Gasteiger partial charge on any atom is 0.0319 e. The van der Waals surface area contributed by atoms with Crippen LogP contribution in [0.25, 0.3) is 0 Å². The van der Waals surface area contributed by atoms with Crippen LogP contribution >= 0.6 is 0 Å². The highest BCUT2D eigenvalue weighted by molar-refractivity contribution is 5.04. The Morgan fingerprint density at radius 2 is 0.769 bits per heavy atom. The highest BCUT2D eigenvalue weighted by Crippen LogP contribution is 2.64. The van der Waals surface area contributed by atoms with Crippen molar-refractivity contribution in [1.29, 1.82) is 0 Å². The Morgan fingerprint density at radius 1 is 0.538 bits per heavy atom. The molecule has 26 heavy (non-hydrogen) atoms. The van der Waals surface area contributed by atoms with Crippen molar-refractivity contribution >= 4 is 0 Å². The largest absolute Gasteiger partial charge is 0.400 e. The zero-order chi connectivity index (χ0) is 18.9. The molecule has 4 fully saturated rings. The normalized spacial score (nSPS) is 32.8. The van der Waals surface area contributed by atoms with Gasteiger partial charge in [0.05, 0.1) is 0 Å². The first-order valence-electron chi connectivity index (χ1n) is 10.0. The molecule has 0 spiro atoms. The molecule has 1 heteroatoms. The molecule has 0 radical (unpaired) electrons. The van der Waals surface area contributed by atoms with E-state index >= 15 is 0 Å². The minimum atomic E-state index is 0.763. The molecule has 0 saturated heterocycles. The first-order chi connectivity index (χ1) is 12.6. The van der Waals surface area contributed by atoms with Crippen molar-refractivity contribution in [1.82, 2.24) is 0 Å². The van der Waals surface area contributed by atoms with Gasteiger partial charge in [0, 0.05) is 7.11 Å². The van der Waals surface area contributed by atoms with Gasteiger partial charge >= 0.3 is 0 Å². The van der Waals surface area contributed by atoms with Crippen molar-refractivity contribution in [3.8, 4) is 0 Å². The number of hydrogen-bond donors (Lipinski definition) is 1. The summed E-state index contributed by atoms with van der Waals surface area (Å²) < 4.78 is 0. The Bertz CT molecular complexity index is 473. The van der Waals surface area contributed by atoms with E-state index in [0.717, 1.165) is 29.8 Å². The van der Waals surface area contributed by atoms with Gasteiger partial charge in [0.25, 0.3) is 0 Å². The van der Waals surface area contributed by atoms with Crippen LogP contribution in [-0.2, 0) is 0 Å². The number of aliphatic hydroxyl groups excluding tert-OH is 1. The Morgan fingerprint density at radius 3 is 0.962 bits per heavy atom. The van der Waals surface area contributed by atoms with Gasteiger partial charge in [0.2, 0.25) is 0 Å². The fraction of sp³-hybridized carbons (Fsp3) is 0.520. The van der Waals surface area contributed by atoms with Crippen LogP contribution in [0.1, 0.15) is 52.4 Å². The number of aliphatic hydroxyl groups is 1. The molecule has 0 unspecified atom stereocenters. The van der Waals surface area contributed by atoms with E-state index in [-0.39, 0.29) is 0 Å². The minimum absolute atomic E-state index is 0.763. The average molecular weight is 353 g/mol. The smallest absolute Gasteiger partial charge is 0.0319 e. The third-order valence-electron chi connectivity index (χ3n) is 5.98. The molecule has 4 aliphatic carbocycles. The van der Waals surface area contributed by atoms with Gasteiger partial charge in [-0.3, -0.25) is 0 Å². The van der Waals surface area contributed by atoms with Crippen LogP contribution in [0.5, 0.6) is 0 Å². The molecule has 6 rings (SSSR count). The van der Waals surface area contributed by atoms with E-state index in [1.807, 2.05) is 72.8 Å². The Kier molecular flexibility index (Phi) is 7.90. The summed E-state index contributed by atoms with van der Waals surface area (Å²) in [5, 5.41) is 7.00. The zero-order valence-corrected chi connectivity index (χ0v) is 16.8. The van der Waals surface area contributed by atoms with Gasteiger partial charge in [-0.05, 0) is 61.2 Å². The molecule has 142 valence electrons. The van der Waals surface area contributed by atoms with Crippen LogP contribution in [-0.4, -0.2) is 12.2 Å². The molecule has 1 nitrogen and oxygen atoms in total. The predicted molar refractivity (Wildman–Crippen MR) is 112 cm³/mol. The molecule has 0 amide bonds. The molecule has 2 aromatic rings. The summed E-state index contributed by atoms with van der Waals surface area (Å²) in [7, 11) is 1.00. The molecule has 0 aromatic heterocycles. The molecule has 4 aliphatic rings. The highest BCUT2D eigenvalue weighted by Gasteiger charge is 2.53. The fourth-order valence-electron chi connectivity index (χ4n) is 5.99. The summed E-state index contributed by atoms with van der Waals surface area (Å²) in [5.74, 6) is 2.22. The maximum absolute atomic E-state index is 7.00. The Balaban J connectivity index is 0.000000148. The van der Waals surface area contributed by atoms with Crippen LogP contribution in [0.2, 0.25) is 0 Å². The lowest BCUT2D eigenvalue weighted by molar-refractivity contribution is -0.0920. The monoisotopic (exact) mass is 352 g/mol. The number of rotatable bonds is 0. The molecular weight excluding hydrogens is 316 g/mol. The van der Waals surface area contributed by atoms with Crippen LogP contribution < -0.4 is 0 Å². The van der Waals surface area contributed by atoms with E-state index in [4.69, 9.17) is 5.11 Å². The fourth-order valence-corrected chi connectivity index (χ4v) is 5.99. The van der Waals surface area contributed by atoms with Crippen LogP contribution in [0.3, 0.4) is 0 Å². The summed E-state index contributed by atoms with van der Waals surface area (Å²) in [5.41, 5.74) is 1.53. The maximum atomic E-state index is 7.00. The summed E-state index contributed by atoms with van der Waals surface area (Å²) in [6.07, 6.45) is 9.33. The standard InChI is InChI=1S/C12H20.2C6H6.CH4O/c1-11-4-9-3-10(5-11)7-12(2,6-9)8-11;2*1-2-4-6-5-3-1;1-2/h9-10H,3-8H2,1-2H3;2*1-6H;2H,1H3. The third kappa shape index (κ3) is 6.29. The van der Waals surface area contributed by atoms with Crippen molar-refractivity contribution < 1.29 is 5.11 Å². The summed E-state index contributed by atoms with van der Waals surface area (Å²) in [6.45, 7) is 5.09. The lowest BCUT2D eigenvalue weighted by Crippen LogP contribution is -2.49. The van der Waals surface area contributed by atoms with Crippen LogP contribution in [0.4, 0.5) is 0 Å². The lowest BCUT2D eigenvalue weighted by atomic mass is 9.45. The second-order valence-electron chi connectivity index (χ2n) is 8.89. The van der Waals surface area contributed by atoms with Crippen molar-refractivity contribution in [2.45, 2.75) is 52.4 Å². The molecule has 0 atom stereocenters. The summed E-state index contributed by atoms with van der Waals surface area (Å²) in [4.78, 5) is 0. The van der Waals surface area contributed by atoms with E-state index in [9.17, 15) is 0 Å². The molecule has 2 aromatic carbocycles. The molecule has 0 aliphatic heterocycles. The first kappa shape index (κ1) is 20.7. The molecule has 0 heterocycles. The van der Waals surface area contributed by atoms with Crippen molar-refractivity contribution in [2.75, 3.05) is 7.11 Å². The topological polar surface area (TPSA) is 20.2 Å². The quantitative estimate of drug-likeness (QED) is 0.566. The number of benzene rings is 2. The van der Waals surface area contributed by atoms with E-state index in [2.05, 4.69) is 13.8 Å². The van der Waals surface area contributed by atoms with Crippen molar-refractivity contribution in [3.63, 3.8) is 0 Å². The summed E-state index contributed by atoms with van der Waals surface area (Å²) in [6, 6.07) is 24.0. The zero-order valence-electron chi connectivity index (χ0n) is 16.8. The second kappa shape index (κ2) is 9.92. The van der Waals surface area contributed by atoms with Crippen LogP contribution in [0.15, 0.2) is 72.8 Å². The van der Waals surface area contributed by atoms with Gasteiger partial charge in [-0.25, -0.2) is 0 Å². The summed E-state index contributed by atoms with van der Waals surface area (Å²) >= 11 is 0. The van der Waals surface area contributed by atoms with Gasteiger partial charge in [-0.1, -0.05) is 86.6 Å². The van der Waals surface area contributed by atoms with E-state index in [1.54, 1.807) is 32.1 Å². The molecule has 4 saturated carbocycles. The lowest BCUT2D eigenvalue weighted by Gasteiger charge is -2.60. The SMILES string of the molecule is CC12CC3CC(C1)CC(C)(C3)C2.CO.c1ccccc1.c1ccccc1. The van der Waals surface area contributed by atoms with Gasteiger partial charge in [-0.2, -0.15) is 0 Å². The van der Waals surface area contributed by atoms with Crippen molar-refractivity contribution in [3.05, 3.63) is 72.8 Å². The first-order valence-corrected chi connectivity index (χ1v) is 10.0. The van der Waals surface area contributed by atoms with Crippen LogP contribution in [0, 0.1) is 22.7 Å². The highest BCUT2D eigenvalue weighted by atomic mass is 16.2. The van der Waals surface area contributed by atoms with Gasteiger partial charge in [0.15, 0.2) is 0 Å². The average Bonchev–Trinajstić information content (AvgIpc) is 2.64. The number of hydrogen-bond acceptors (Lipinski definition) is 1. The van der Waals surface area contributed by atoms with Gasteiger partial charge in [0.1, 0.15) is 0 Å². The van der Waals surface area contributed by atoms with E-state index in [1.165, 1.54) is 6.42 Å². The predicted octanol–water partition coefficient (Wildman–Crippen LogP) is 6.59. The minimum Gasteiger partial charge on any atom is -0.400 e. The molecule has 4 bridgehead atoms. The third-order valence-corrected chi connectivity index (χ3v) is 5.98.